The van der Waals surface area contributed by atoms with Crippen LogP contribution in [0.2, 0.25) is 0 Å². The van der Waals surface area contributed by atoms with Gasteiger partial charge in [-0.05, 0) is 36.4 Å². The van der Waals surface area contributed by atoms with Crippen LogP contribution < -0.4 is 16.3 Å². The molecule has 1 saturated heterocycles. The van der Waals surface area contributed by atoms with Crippen LogP contribution in [0.3, 0.4) is 0 Å². The number of hydrogen-bond donors (Lipinski definition) is 1. The van der Waals surface area contributed by atoms with Gasteiger partial charge in [0.1, 0.15) is 11.0 Å². The molecule has 190 valence electrons. The van der Waals surface area contributed by atoms with Crippen molar-refractivity contribution in [1.82, 2.24) is 14.3 Å². The van der Waals surface area contributed by atoms with E-state index in [2.05, 4.69) is 10.1 Å². The summed E-state index contributed by atoms with van der Waals surface area (Å²) < 4.78 is 6.67. The minimum absolute atomic E-state index is 0.0927. The molecule has 1 fully saturated rings. The number of carbonyl (C=O) groups is 3. The van der Waals surface area contributed by atoms with Crippen molar-refractivity contribution in [3.63, 3.8) is 0 Å². The number of aliphatic imine (C=N–C) groups is 1. The molecule has 1 N–H and O–H groups in total. The molecule has 2 aliphatic rings. The number of rotatable bonds is 6. The van der Waals surface area contributed by atoms with Crippen LogP contribution in [-0.4, -0.2) is 56.1 Å². The third-order valence-corrected chi connectivity index (χ3v) is 7.73. The Kier molecular flexibility index (Phi) is 6.20. The largest absolute Gasteiger partial charge is 0.467 e. The number of nitrogens with zero attached hydrogens (tertiary/aromatic N) is 4. The van der Waals surface area contributed by atoms with E-state index in [1.807, 2.05) is 6.92 Å². The molecule has 3 aromatic rings. The summed E-state index contributed by atoms with van der Waals surface area (Å²) in [5.74, 6) is -3.28. The van der Waals surface area contributed by atoms with Crippen molar-refractivity contribution in [3.05, 3.63) is 81.6 Å². The van der Waals surface area contributed by atoms with Gasteiger partial charge in [-0.25, -0.2) is 33.6 Å². The van der Waals surface area contributed by atoms with Gasteiger partial charge >= 0.3 is 17.3 Å². The fraction of sp³-hybridized carbons (Fsp3) is 0.280. The average molecular weight is 522 g/mol. The van der Waals surface area contributed by atoms with Crippen molar-refractivity contribution in [3.8, 4) is 5.69 Å². The number of nitrogens with one attached hydrogen (secondary N) is 1. The van der Waals surface area contributed by atoms with Crippen molar-refractivity contribution >= 4 is 40.3 Å². The molecule has 0 aliphatic carbocycles. The van der Waals surface area contributed by atoms with Crippen LogP contribution in [0, 0.1) is 5.92 Å². The van der Waals surface area contributed by atoms with E-state index in [0.717, 1.165) is 33.0 Å². The number of ether oxygens (including phenoxy) is 1. The number of imide groups is 1. The zero-order chi connectivity index (χ0) is 26.3. The van der Waals surface area contributed by atoms with Gasteiger partial charge in [-0.1, -0.05) is 43.3 Å². The number of methoxy groups -OCH3 is 1. The molecule has 37 heavy (non-hydrogen) atoms. The average Bonchev–Trinajstić information content (AvgIpc) is 3.49. The first kappa shape index (κ1) is 24.5. The quantitative estimate of drug-likeness (QED) is 0.382. The Balaban J connectivity index is 1.81. The Morgan fingerprint density at radius 3 is 2.24 bits per heavy atom. The first-order chi connectivity index (χ1) is 17.9. The van der Waals surface area contributed by atoms with Gasteiger partial charge in [0.05, 0.1) is 18.5 Å². The molecule has 0 saturated carbocycles. The Labute approximate surface area is 214 Å². The second-order valence-corrected chi connectivity index (χ2v) is 9.60. The van der Waals surface area contributed by atoms with Gasteiger partial charge in [0.25, 0.3) is 5.91 Å². The molecule has 5 rings (SSSR count). The van der Waals surface area contributed by atoms with Crippen LogP contribution in [0.1, 0.15) is 13.3 Å². The maximum Gasteiger partial charge on any atom is 0.353 e. The van der Waals surface area contributed by atoms with Crippen molar-refractivity contribution in [1.29, 1.82) is 0 Å². The predicted molar refractivity (Wildman–Crippen MR) is 137 cm³/mol. The highest BCUT2D eigenvalue weighted by atomic mass is 32.2. The monoisotopic (exact) mass is 521 g/mol. The third kappa shape index (κ3) is 3.50. The first-order valence-electron chi connectivity index (χ1n) is 11.6. The number of fused-ring (bicyclic) bond motifs is 1. The van der Waals surface area contributed by atoms with Crippen LogP contribution in [0.5, 0.6) is 0 Å². The van der Waals surface area contributed by atoms with Gasteiger partial charge in [-0.3, -0.25) is 14.6 Å². The molecule has 0 unspecified atom stereocenters. The zero-order valence-corrected chi connectivity index (χ0v) is 20.8. The molecule has 0 spiro atoms. The van der Waals surface area contributed by atoms with Crippen molar-refractivity contribution in [2.75, 3.05) is 17.8 Å². The van der Waals surface area contributed by atoms with Crippen LogP contribution in [0.4, 0.5) is 5.69 Å². The molecule has 3 heterocycles. The highest BCUT2D eigenvalue weighted by Crippen LogP contribution is 2.49. The van der Waals surface area contributed by atoms with Crippen molar-refractivity contribution in [2.24, 2.45) is 10.9 Å². The lowest BCUT2D eigenvalue weighted by Gasteiger charge is -2.28. The van der Waals surface area contributed by atoms with Gasteiger partial charge in [0.2, 0.25) is 11.4 Å². The maximum atomic E-state index is 14.3. The van der Waals surface area contributed by atoms with E-state index in [-0.39, 0.29) is 16.4 Å². The highest BCUT2D eigenvalue weighted by molar-refractivity contribution is 8.14. The van der Waals surface area contributed by atoms with Gasteiger partial charge in [-0.15, -0.1) is 11.8 Å². The van der Waals surface area contributed by atoms with Gasteiger partial charge < -0.3 is 4.74 Å². The Morgan fingerprint density at radius 2 is 1.65 bits per heavy atom. The minimum Gasteiger partial charge on any atom is -0.467 e. The molecule has 12 heteroatoms. The lowest BCUT2D eigenvalue weighted by Crippen LogP contribution is -2.55. The molecule has 11 nitrogen and oxygen atoms in total. The van der Waals surface area contributed by atoms with Crippen LogP contribution in [-0.2, 0) is 24.7 Å². The summed E-state index contributed by atoms with van der Waals surface area (Å²) in [4.78, 5) is 73.4. The number of esters is 1. The lowest BCUT2D eigenvalue weighted by molar-refractivity contribution is -0.145. The van der Waals surface area contributed by atoms with Gasteiger partial charge in [0.15, 0.2) is 6.04 Å². The van der Waals surface area contributed by atoms with E-state index < -0.39 is 46.7 Å². The number of hydrogen-bond acceptors (Lipinski definition) is 8. The van der Waals surface area contributed by atoms with E-state index in [9.17, 15) is 24.0 Å². The summed E-state index contributed by atoms with van der Waals surface area (Å²) in [5, 5.41) is 2.58. The zero-order valence-electron chi connectivity index (χ0n) is 20.0. The fourth-order valence-electron chi connectivity index (χ4n) is 4.84. The summed E-state index contributed by atoms with van der Waals surface area (Å²) in [6.07, 6.45) is 0.689. The Bertz CT molecular complexity index is 1530. The lowest BCUT2D eigenvalue weighted by atomic mass is 9.84. The SMILES string of the molecule is CCCSC1=N[C@@H](C(=O)OC)[C@@H]2C(=O)N(c3ccccc3)C(=O)[C@]12n1[nH]c(=O)n(-c2ccccc2)c1=O. The third-order valence-electron chi connectivity index (χ3n) is 6.42. The van der Waals surface area contributed by atoms with Crippen LogP contribution in [0.15, 0.2) is 75.2 Å². The van der Waals surface area contributed by atoms with Gasteiger partial charge in [0, 0.05) is 0 Å². The minimum atomic E-state index is -2.07. The molecular weight excluding hydrogens is 498 g/mol. The summed E-state index contributed by atoms with van der Waals surface area (Å²) >= 11 is 1.16. The molecule has 3 atom stereocenters. The van der Waals surface area contributed by atoms with Crippen molar-refractivity contribution < 1.29 is 19.1 Å². The molecule has 0 bridgehead atoms. The Hall–Kier alpha value is -4.19. The second-order valence-electron chi connectivity index (χ2n) is 8.52. The molecular formula is C25H23N5O6S. The first-order valence-corrected chi connectivity index (χ1v) is 12.6. The number of anilines is 1. The van der Waals surface area contributed by atoms with Crippen LogP contribution >= 0.6 is 11.8 Å². The number of para-hydroxylation sites is 2. The van der Waals surface area contributed by atoms with E-state index in [1.54, 1.807) is 60.7 Å². The van der Waals surface area contributed by atoms with E-state index in [0.29, 0.717) is 12.2 Å². The molecule has 0 radical (unpaired) electrons. The smallest absolute Gasteiger partial charge is 0.353 e. The number of aromatic nitrogens is 3. The van der Waals surface area contributed by atoms with E-state index in [4.69, 9.17) is 4.74 Å². The molecule has 1 aromatic heterocycles. The van der Waals surface area contributed by atoms with E-state index in [1.165, 1.54) is 0 Å². The topological polar surface area (TPSA) is 136 Å². The number of H-pyrrole nitrogens is 1. The van der Waals surface area contributed by atoms with Gasteiger partial charge in [-0.2, -0.15) is 0 Å². The number of thioether (sulfide) groups is 1. The predicted octanol–water partition coefficient (Wildman–Crippen LogP) is 1.31. The highest BCUT2D eigenvalue weighted by Gasteiger charge is 2.72. The number of carbonyl (C=O) groups excluding carboxylic acids is 3. The van der Waals surface area contributed by atoms with Crippen molar-refractivity contribution in [2.45, 2.75) is 24.9 Å². The molecule has 2 aromatic carbocycles. The molecule has 2 aliphatic heterocycles. The summed E-state index contributed by atoms with van der Waals surface area (Å²) in [6.45, 7) is 1.92. The Morgan fingerprint density at radius 1 is 1.03 bits per heavy atom. The summed E-state index contributed by atoms with van der Waals surface area (Å²) in [7, 11) is 1.16. The summed E-state index contributed by atoms with van der Waals surface area (Å²) in [6, 6.07) is 15.0. The normalized spacial score (nSPS) is 22.8. The summed E-state index contributed by atoms with van der Waals surface area (Å²) in [5.41, 5.74) is -3.19. The van der Waals surface area contributed by atoms with E-state index >= 15 is 0 Å². The number of benzene rings is 2. The molecule has 2 amide bonds. The standard InChI is InChI=1S/C25H23N5O6S/c1-3-14-37-21-25(30-24(35)29(23(34)27-30)16-12-8-5-9-13-16)17(18(26-21)20(32)36-2)19(31)28(22(25)33)15-10-6-4-7-11-15/h4-13,17-18H,3,14H2,1-2H3,(H,27,34)/t17-,18-,25-/m1/s1. The van der Waals surface area contributed by atoms with Crippen LogP contribution in [0.25, 0.3) is 5.69 Å². The number of amides is 2. The fourth-order valence-corrected chi connectivity index (χ4v) is 5.95. The number of aromatic amines is 1. The maximum absolute atomic E-state index is 14.3. The second kappa shape index (κ2) is 9.36.